The number of rotatable bonds is 3. The monoisotopic (exact) mass is 134 g/mol. The van der Waals surface area contributed by atoms with Crippen LogP contribution in [0.1, 0.15) is 6.42 Å². The van der Waals surface area contributed by atoms with Gasteiger partial charge in [0.15, 0.2) is 0 Å². The maximum atomic E-state index is 9.91. The third kappa shape index (κ3) is 2.64. The van der Waals surface area contributed by atoms with Crippen molar-refractivity contribution in [2.45, 2.75) is 11.8 Å². The SMILES string of the molecule is C=CC[C@@H](Cl)C(=O)O. The summed E-state index contributed by atoms with van der Waals surface area (Å²) >= 11 is 5.25. The molecule has 0 saturated heterocycles. The molecule has 0 radical (unpaired) electrons. The zero-order chi connectivity index (χ0) is 6.57. The average Bonchev–Trinajstić information content (AvgIpc) is 1.67. The van der Waals surface area contributed by atoms with Gasteiger partial charge in [0.2, 0.25) is 0 Å². The van der Waals surface area contributed by atoms with Gasteiger partial charge in [-0.3, -0.25) is 4.79 Å². The van der Waals surface area contributed by atoms with Crippen molar-refractivity contribution < 1.29 is 9.90 Å². The van der Waals surface area contributed by atoms with E-state index < -0.39 is 11.3 Å². The lowest BCUT2D eigenvalue weighted by atomic mass is 10.3. The summed E-state index contributed by atoms with van der Waals surface area (Å²) in [5.74, 6) is -0.994. The molecular weight excluding hydrogens is 128 g/mol. The number of carboxylic acid groups (broad SMARTS) is 1. The van der Waals surface area contributed by atoms with Crippen molar-refractivity contribution in [3.05, 3.63) is 12.7 Å². The van der Waals surface area contributed by atoms with Crippen molar-refractivity contribution in [2.75, 3.05) is 0 Å². The van der Waals surface area contributed by atoms with Gasteiger partial charge >= 0.3 is 5.97 Å². The summed E-state index contributed by atoms with van der Waals surface area (Å²) in [6, 6.07) is 0. The van der Waals surface area contributed by atoms with Gasteiger partial charge in [-0.15, -0.1) is 18.2 Å². The number of hydrogen-bond donors (Lipinski definition) is 1. The zero-order valence-electron chi connectivity index (χ0n) is 4.30. The number of hydrogen-bond acceptors (Lipinski definition) is 1. The molecule has 1 atom stereocenters. The van der Waals surface area contributed by atoms with Crippen LogP contribution in [0, 0.1) is 0 Å². The Morgan fingerprint density at radius 3 is 2.62 bits per heavy atom. The lowest BCUT2D eigenvalue weighted by Gasteiger charge is -1.95. The number of allylic oxidation sites excluding steroid dienone is 1. The molecule has 0 aromatic carbocycles. The topological polar surface area (TPSA) is 37.3 Å². The minimum Gasteiger partial charge on any atom is -0.480 e. The summed E-state index contributed by atoms with van der Waals surface area (Å²) < 4.78 is 0. The van der Waals surface area contributed by atoms with E-state index in [2.05, 4.69) is 6.58 Å². The molecule has 0 rings (SSSR count). The summed E-state index contributed by atoms with van der Waals surface area (Å²) in [4.78, 5) is 9.91. The Kier molecular flexibility index (Phi) is 3.28. The Morgan fingerprint density at radius 2 is 2.50 bits per heavy atom. The minimum atomic E-state index is -0.994. The standard InChI is InChI=1S/C5H7ClO2/c1-2-3-4(6)5(7)8/h2,4H,1,3H2,(H,7,8)/t4-/m1/s1. The summed E-state index contributed by atoms with van der Waals surface area (Å²) in [5.41, 5.74) is 0. The smallest absolute Gasteiger partial charge is 0.321 e. The molecule has 46 valence electrons. The first-order chi connectivity index (χ1) is 3.68. The van der Waals surface area contributed by atoms with Gasteiger partial charge in [-0.1, -0.05) is 6.08 Å². The van der Waals surface area contributed by atoms with E-state index in [0.29, 0.717) is 6.42 Å². The molecule has 0 aromatic rings. The van der Waals surface area contributed by atoms with Gasteiger partial charge in [0.25, 0.3) is 0 Å². The molecule has 0 amide bonds. The van der Waals surface area contributed by atoms with Crippen LogP contribution in [0.5, 0.6) is 0 Å². The molecule has 0 aliphatic rings. The first kappa shape index (κ1) is 7.50. The molecule has 0 spiro atoms. The van der Waals surface area contributed by atoms with Crippen LogP contribution in [0.2, 0.25) is 0 Å². The Morgan fingerprint density at radius 1 is 2.00 bits per heavy atom. The van der Waals surface area contributed by atoms with E-state index in [0.717, 1.165) is 0 Å². The van der Waals surface area contributed by atoms with Crippen LogP contribution in [-0.4, -0.2) is 16.5 Å². The van der Waals surface area contributed by atoms with E-state index in [-0.39, 0.29) is 0 Å². The maximum Gasteiger partial charge on any atom is 0.321 e. The second-order valence-electron chi connectivity index (χ2n) is 1.33. The molecular formula is C5H7ClO2. The first-order valence-electron chi connectivity index (χ1n) is 2.16. The van der Waals surface area contributed by atoms with E-state index in [1.54, 1.807) is 0 Å². The van der Waals surface area contributed by atoms with Crippen molar-refractivity contribution in [3.8, 4) is 0 Å². The Balaban J connectivity index is 3.46. The summed E-state index contributed by atoms with van der Waals surface area (Å²) in [6.45, 7) is 3.34. The van der Waals surface area contributed by atoms with Crippen molar-refractivity contribution >= 4 is 17.6 Å². The van der Waals surface area contributed by atoms with Crippen molar-refractivity contribution in [3.63, 3.8) is 0 Å². The van der Waals surface area contributed by atoms with Crippen LogP contribution in [0.15, 0.2) is 12.7 Å². The van der Waals surface area contributed by atoms with Gasteiger partial charge in [-0.2, -0.15) is 0 Å². The summed E-state index contributed by atoms with van der Waals surface area (Å²) in [7, 11) is 0. The second-order valence-corrected chi connectivity index (χ2v) is 1.86. The maximum absolute atomic E-state index is 9.91. The molecule has 0 bridgehead atoms. The molecule has 0 heterocycles. The van der Waals surface area contributed by atoms with Gasteiger partial charge in [0, 0.05) is 0 Å². The van der Waals surface area contributed by atoms with E-state index in [4.69, 9.17) is 16.7 Å². The molecule has 0 aliphatic heterocycles. The highest BCUT2D eigenvalue weighted by Gasteiger charge is 2.09. The van der Waals surface area contributed by atoms with Gasteiger partial charge in [0.05, 0.1) is 0 Å². The molecule has 0 aromatic heterocycles. The average molecular weight is 135 g/mol. The predicted octanol–water partition coefficient (Wildman–Crippen LogP) is 1.25. The number of carbonyl (C=O) groups is 1. The van der Waals surface area contributed by atoms with Crippen LogP contribution < -0.4 is 0 Å². The molecule has 0 aliphatic carbocycles. The van der Waals surface area contributed by atoms with Gasteiger partial charge in [-0.05, 0) is 6.42 Å². The predicted molar refractivity (Wildman–Crippen MR) is 32.1 cm³/mol. The molecule has 0 fully saturated rings. The van der Waals surface area contributed by atoms with Crippen LogP contribution in [-0.2, 0) is 4.79 Å². The van der Waals surface area contributed by atoms with Gasteiger partial charge in [-0.25, -0.2) is 0 Å². The quantitative estimate of drug-likeness (QED) is 0.466. The highest BCUT2D eigenvalue weighted by Crippen LogP contribution is 2.00. The second kappa shape index (κ2) is 3.50. The Hall–Kier alpha value is -0.500. The molecule has 2 nitrogen and oxygen atoms in total. The highest BCUT2D eigenvalue weighted by atomic mass is 35.5. The van der Waals surface area contributed by atoms with Crippen molar-refractivity contribution in [2.24, 2.45) is 0 Å². The number of aliphatic carboxylic acids is 1. The molecule has 1 N–H and O–H groups in total. The lowest BCUT2D eigenvalue weighted by Crippen LogP contribution is -2.11. The fraction of sp³-hybridized carbons (Fsp3) is 0.400. The lowest BCUT2D eigenvalue weighted by molar-refractivity contribution is -0.136. The Labute approximate surface area is 52.8 Å². The van der Waals surface area contributed by atoms with Gasteiger partial charge < -0.3 is 5.11 Å². The normalized spacial score (nSPS) is 12.6. The highest BCUT2D eigenvalue weighted by molar-refractivity contribution is 6.29. The van der Waals surface area contributed by atoms with Crippen molar-refractivity contribution in [1.29, 1.82) is 0 Å². The van der Waals surface area contributed by atoms with E-state index >= 15 is 0 Å². The number of alkyl halides is 1. The van der Waals surface area contributed by atoms with E-state index in [9.17, 15) is 4.79 Å². The summed E-state index contributed by atoms with van der Waals surface area (Å²) in [5, 5.41) is 7.32. The van der Waals surface area contributed by atoms with E-state index in [1.165, 1.54) is 6.08 Å². The number of carboxylic acids is 1. The van der Waals surface area contributed by atoms with Crippen LogP contribution >= 0.6 is 11.6 Å². The summed E-state index contributed by atoms with van der Waals surface area (Å²) in [6.07, 6.45) is 1.79. The van der Waals surface area contributed by atoms with E-state index in [1.807, 2.05) is 0 Å². The fourth-order valence-electron chi connectivity index (χ4n) is 0.247. The third-order valence-electron chi connectivity index (χ3n) is 0.642. The molecule has 8 heavy (non-hydrogen) atoms. The fourth-order valence-corrected chi connectivity index (χ4v) is 0.373. The third-order valence-corrected chi connectivity index (χ3v) is 1.01. The number of halogens is 1. The van der Waals surface area contributed by atoms with Crippen LogP contribution in [0.3, 0.4) is 0 Å². The largest absolute Gasteiger partial charge is 0.480 e. The van der Waals surface area contributed by atoms with Crippen molar-refractivity contribution in [1.82, 2.24) is 0 Å². The first-order valence-corrected chi connectivity index (χ1v) is 2.60. The minimum absolute atomic E-state index is 0.316. The molecule has 0 saturated carbocycles. The zero-order valence-corrected chi connectivity index (χ0v) is 5.06. The Bertz CT molecular complexity index is 101. The molecule has 0 unspecified atom stereocenters. The van der Waals surface area contributed by atoms with Crippen LogP contribution in [0.25, 0.3) is 0 Å². The molecule has 3 heteroatoms. The van der Waals surface area contributed by atoms with Gasteiger partial charge in [0.1, 0.15) is 5.38 Å². The van der Waals surface area contributed by atoms with Crippen LogP contribution in [0.4, 0.5) is 0 Å².